The molecule has 8 nitrogen and oxygen atoms in total. The van der Waals surface area contributed by atoms with Gasteiger partial charge in [-0.1, -0.05) is 6.07 Å². The van der Waals surface area contributed by atoms with Crippen LogP contribution in [0.25, 0.3) is 0 Å². The van der Waals surface area contributed by atoms with Gasteiger partial charge >= 0.3 is 0 Å². The first kappa shape index (κ1) is 22.3. The summed E-state index contributed by atoms with van der Waals surface area (Å²) in [5, 5.41) is 11.2. The quantitative estimate of drug-likeness (QED) is 0.373. The topological polar surface area (TPSA) is 73.6 Å². The van der Waals surface area contributed by atoms with Gasteiger partial charge in [-0.2, -0.15) is 5.10 Å². The molecule has 0 saturated carbocycles. The van der Waals surface area contributed by atoms with Gasteiger partial charge in [-0.3, -0.25) is 9.67 Å². The zero-order valence-electron chi connectivity index (χ0n) is 17.1. The molecule has 0 spiro atoms. The lowest BCUT2D eigenvalue weighted by atomic mass is 10.1. The van der Waals surface area contributed by atoms with Crippen LogP contribution >= 0.6 is 24.0 Å². The largest absolute Gasteiger partial charge is 0.367 e. The first-order valence-corrected chi connectivity index (χ1v) is 9.39. The predicted molar refractivity (Wildman–Crippen MR) is 126 cm³/mol. The van der Waals surface area contributed by atoms with Crippen molar-refractivity contribution in [1.82, 2.24) is 25.4 Å². The van der Waals surface area contributed by atoms with E-state index in [0.717, 1.165) is 43.4 Å². The van der Waals surface area contributed by atoms with Crippen molar-refractivity contribution in [1.29, 1.82) is 0 Å². The van der Waals surface area contributed by atoms with Crippen LogP contribution in [0.1, 0.15) is 18.5 Å². The lowest BCUT2D eigenvalue weighted by Gasteiger charge is -2.34. The van der Waals surface area contributed by atoms with Crippen LogP contribution in [0.5, 0.6) is 0 Å². The minimum absolute atomic E-state index is 0. The van der Waals surface area contributed by atoms with Crippen LogP contribution in [0.2, 0.25) is 0 Å². The maximum atomic E-state index is 4.64. The number of aromatic nitrogens is 3. The molecule has 1 fully saturated rings. The minimum atomic E-state index is 0. The van der Waals surface area contributed by atoms with Gasteiger partial charge in [0.05, 0.1) is 24.1 Å². The summed E-state index contributed by atoms with van der Waals surface area (Å²) in [6.07, 6.45) is 6.28. The Kier molecular flexibility index (Phi) is 8.34. The lowest BCUT2D eigenvalue weighted by Crippen LogP contribution is -2.51. The predicted octanol–water partition coefficient (Wildman–Crippen LogP) is 1.83. The highest BCUT2D eigenvalue weighted by Gasteiger charge is 2.21. The van der Waals surface area contributed by atoms with E-state index < -0.39 is 0 Å². The van der Waals surface area contributed by atoms with Crippen molar-refractivity contribution in [3.8, 4) is 0 Å². The van der Waals surface area contributed by atoms with Gasteiger partial charge in [-0.05, 0) is 25.0 Å². The number of halogens is 1. The second-order valence-corrected chi connectivity index (χ2v) is 7.11. The van der Waals surface area contributed by atoms with Crippen molar-refractivity contribution in [2.45, 2.75) is 25.4 Å². The summed E-state index contributed by atoms with van der Waals surface area (Å²) in [5.74, 6) is 1.77. The van der Waals surface area contributed by atoms with Gasteiger partial charge in [0.1, 0.15) is 5.82 Å². The Bertz CT molecular complexity index is 773. The van der Waals surface area contributed by atoms with Gasteiger partial charge in [-0.25, -0.2) is 4.98 Å². The van der Waals surface area contributed by atoms with Crippen molar-refractivity contribution >= 4 is 41.4 Å². The van der Waals surface area contributed by atoms with Crippen LogP contribution in [0.4, 0.5) is 11.5 Å². The lowest BCUT2D eigenvalue weighted by molar-refractivity contribution is 0.468. The molecule has 3 rings (SSSR count). The van der Waals surface area contributed by atoms with Crippen molar-refractivity contribution < 1.29 is 0 Å². The van der Waals surface area contributed by atoms with Gasteiger partial charge in [-0.15, -0.1) is 24.0 Å². The molecule has 2 N–H and O–H groups in total. The van der Waals surface area contributed by atoms with Crippen LogP contribution in [-0.2, 0) is 13.6 Å². The summed E-state index contributed by atoms with van der Waals surface area (Å²) >= 11 is 0. The second-order valence-electron chi connectivity index (χ2n) is 7.11. The first-order chi connectivity index (χ1) is 13.0. The zero-order chi connectivity index (χ0) is 19.2. The average Bonchev–Trinajstić information content (AvgIpc) is 3.12. The van der Waals surface area contributed by atoms with E-state index in [1.807, 2.05) is 55.1 Å². The van der Waals surface area contributed by atoms with Crippen LogP contribution in [0, 0.1) is 0 Å². The van der Waals surface area contributed by atoms with Gasteiger partial charge in [0, 0.05) is 53.5 Å². The summed E-state index contributed by atoms with van der Waals surface area (Å²) < 4.78 is 1.85. The van der Waals surface area contributed by atoms with E-state index >= 15 is 0 Å². The Morgan fingerprint density at radius 2 is 2.18 bits per heavy atom. The van der Waals surface area contributed by atoms with Crippen molar-refractivity contribution in [3.05, 3.63) is 36.3 Å². The molecular weight excluding hydrogens is 467 g/mol. The van der Waals surface area contributed by atoms with E-state index in [-0.39, 0.29) is 24.0 Å². The third-order valence-electron chi connectivity index (χ3n) is 4.73. The highest BCUT2D eigenvalue weighted by molar-refractivity contribution is 14.0. The van der Waals surface area contributed by atoms with Crippen molar-refractivity contribution in [3.63, 3.8) is 0 Å². The Hall–Kier alpha value is -2.04. The third-order valence-corrected chi connectivity index (χ3v) is 4.73. The number of aliphatic imine (C=N–C) groups is 1. The monoisotopic (exact) mass is 498 g/mol. The summed E-state index contributed by atoms with van der Waals surface area (Å²) in [6.45, 7) is 2.65. The van der Waals surface area contributed by atoms with Gasteiger partial charge in [0.2, 0.25) is 0 Å². The highest BCUT2D eigenvalue weighted by Crippen LogP contribution is 2.19. The molecule has 1 aliphatic rings. The normalized spacial score (nSPS) is 17.1. The number of rotatable bonds is 5. The van der Waals surface area contributed by atoms with E-state index in [4.69, 9.17) is 0 Å². The summed E-state index contributed by atoms with van der Waals surface area (Å²) in [4.78, 5) is 13.4. The molecule has 1 atom stereocenters. The fraction of sp³-hybridized carbons (Fsp3) is 0.526. The van der Waals surface area contributed by atoms with E-state index in [2.05, 4.69) is 36.8 Å². The molecule has 28 heavy (non-hydrogen) atoms. The maximum Gasteiger partial charge on any atom is 0.191 e. The summed E-state index contributed by atoms with van der Waals surface area (Å²) in [7, 11) is 7.75. The SMILES string of the molecule is CN=C(NCc1cccc(N(C)C)n1)NC1CCCN(c2cnn(C)c2)C1.I. The zero-order valence-corrected chi connectivity index (χ0v) is 19.4. The second kappa shape index (κ2) is 10.5. The van der Waals surface area contributed by atoms with Crippen LogP contribution in [-0.4, -0.2) is 61.0 Å². The molecule has 2 aromatic heterocycles. The molecule has 1 aliphatic heterocycles. The number of guanidine groups is 1. The fourth-order valence-electron chi connectivity index (χ4n) is 3.28. The number of anilines is 2. The highest BCUT2D eigenvalue weighted by atomic mass is 127. The third kappa shape index (κ3) is 5.98. The Balaban J connectivity index is 0.00000280. The van der Waals surface area contributed by atoms with Gasteiger partial charge in [0.15, 0.2) is 5.96 Å². The number of nitrogens with one attached hydrogen (secondary N) is 2. The molecule has 9 heteroatoms. The first-order valence-electron chi connectivity index (χ1n) is 9.39. The molecule has 1 saturated heterocycles. The number of aryl methyl sites for hydroxylation is 1. The molecule has 0 aliphatic carbocycles. The molecule has 0 aromatic carbocycles. The van der Waals surface area contributed by atoms with Crippen LogP contribution in [0.3, 0.4) is 0 Å². The summed E-state index contributed by atoms with van der Waals surface area (Å²) in [5.41, 5.74) is 2.17. The molecule has 154 valence electrons. The maximum absolute atomic E-state index is 4.64. The molecule has 3 heterocycles. The Morgan fingerprint density at radius 1 is 1.36 bits per heavy atom. The standard InChI is InChI=1S/C19H30N8.HI/c1-20-19(21-11-15-7-5-9-18(23-15)25(2)3)24-16-8-6-10-27(13-16)17-12-22-26(4)14-17;/h5,7,9,12,14,16H,6,8,10-11,13H2,1-4H3,(H2,20,21,24);1H. The number of pyridine rings is 1. The number of nitrogens with zero attached hydrogens (tertiary/aromatic N) is 6. The van der Waals surface area contributed by atoms with E-state index in [1.165, 1.54) is 5.69 Å². The van der Waals surface area contributed by atoms with Gasteiger partial charge < -0.3 is 20.4 Å². The average molecular weight is 498 g/mol. The van der Waals surface area contributed by atoms with E-state index in [0.29, 0.717) is 12.6 Å². The van der Waals surface area contributed by atoms with Crippen molar-refractivity contribution in [2.75, 3.05) is 44.0 Å². The molecule has 0 amide bonds. The molecule has 0 bridgehead atoms. The van der Waals surface area contributed by atoms with Crippen molar-refractivity contribution in [2.24, 2.45) is 12.0 Å². The molecule has 1 unspecified atom stereocenters. The van der Waals surface area contributed by atoms with Gasteiger partial charge in [0.25, 0.3) is 0 Å². The Labute approximate surface area is 184 Å². The minimum Gasteiger partial charge on any atom is -0.367 e. The van der Waals surface area contributed by atoms with E-state index in [9.17, 15) is 0 Å². The van der Waals surface area contributed by atoms with E-state index in [1.54, 1.807) is 7.05 Å². The number of hydrogen-bond acceptors (Lipinski definition) is 5. The molecular formula is C19H31IN8. The van der Waals surface area contributed by atoms with Crippen LogP contribution < -0.4 is 20.4 Å². The Morgan fingerprint density at radius 3 is 2.86 bits per heavy atom. The smallest absolute Gasteiger partial charge is 0.191 e. The number of hydrogen-bond donors (Lipinski definition) is 2. The number of piperidine rings is 1. The summed E-state index contributed by atoms with van der Waals surface area (Å²) in [6, 6.07) is 6.41. The fourth-order valence-corrected chi connectivity index (χ4v) is 3.28. The van der Waals surface area contributed by atoms with Crippen LogP contribution in [0.15, 0.2) is 35.6 Å². The molecule has 2 aromatic rings. The molecule has 0 radical (unpaired) electrons.